The summed E-state index contributed by atoms with van der Waals surface area (Å²) in [7, 11) is 0. The van der Waals surface area contributed by atoms with Gasteiger partial charge >= 0.3 is 5.97 Å². The SMILES string of the molecule is C[C@]1(c2ccc(C#N)cc2F)Oc2ccccc2C(C2CCN(Cc3nc4sc(C(=O)O)cc4n3C[C@@H]3CCO3)CC2)O1. The van der Waals surface area contributed by atoms with Crippen LogP contribution in [0, 0.1) is 23.1 Å². The molecule has 2 fully saturated rings. The van der Waals surface area contributed by atoms with Gasteiger partial charge in [-0.05, 0) is 68.6 Å². The summed E-state index contributed by atoms with van der Waals surface area (Å²) < 4.78 is 35.9. The number of aromatic nitrogens is 2. The summed E-state index contributed by atoms with van der Waals surface area (Å²) in [5.74, 6) is -1.03. The van der Waals surface area contributed by atoms with Crippen LogP contribution >= 0.6 is 11.3 Å². The van der Waals surface area contributed by atoms with Crippen LogP contribution in [0.5, 0.6) is 5.75 Å². The molecule has 222 valence electrons. The number of carboxylic acid groups (broad SMARTS) is 1. The normalized spacial score (nSPS) is 24.2. The Bertz CT molecular complexity index is 1740. The zero-order chi connectivity index (χ0) is 29.7. The van der Waals surface area contributed by atoms with Crippen molar-refractivity contribution in [2.24, 2.45) is 5.92 Å². The first kappa shape index (κ1) is 28.0. The maximum atomic E-state index is 15.2. The van der Waals surface area contributed by atoms with Crippen LogP contribution in [0.2, 0.25) is 0 Å². The maximum absolute atomic E-state index is 15.2. The molecule has 0 aliphatic carbocycles. The van der Waals surface area contributed by atoms with Gasteiger partial charge in [-0.15, -0.1) is 11.3 Å². The van der Waals surface area contributed by atoms with E-state index in [9.17, 15) is 15.2 Å². The fraction of sp³-hybridized carbons (Fsp3) is 0.406. The number of para-hydroxylation sites is 1. The summed E-state index contributed by atoms with van der Waals surface area (Å²) in [6.45, 7) is 5.47. The number of imidazole rings is 1. The molecule has 9 nitrogen and oxygen atoms in total. The number of likely N-dealkylation sites (tertiary alicyclic amines) is 1. The summed E-state index contributed by atoms with van der Waals surface area (Å²) >= 11 is 1.21. The van der Waals surface area contributed by atoms with Gasteiger partial charge in [-0.1, -0.05) is 18.2 Å². The molecule has 3 aliphatic heterocycles. The Hall–Kier alpha value is -3.82. The van der Waals surface area contributed by atoms with Crippen LogP contribution < -0.4 is 4.74 Å². The fourth-order valence-corrected chi connectivity index (χ4v) is 7.30. The number of piperidine rings is 1. The number of nitriles is 1. The average molecular weight is 603 g/mol. The summed E-state index contributed by atoms with van der Waals surface area (Å²) in [4.78, 5) is 19.8. The van der Waals surface area contributed by atoms with Crippen LogP contribution in [0.15, 0.2) is 48.5 Å². The van der Waals surface area contributed by atoms with Crippen molar-refractivity contribution in [1.29, 1.82) is 5.26 Å². The Kier molecular flexibility index (Phi) is 7.18. The quantitative estimate of drug-likeness (QED) is 0.281. The van der Waals surface area contributed by atoms with Crippen molar-refractivity contribution in [2.45, 2.75) is 57.3 Å². The minimum Gasteiger partial charge on any atom is -0.477 e. The Labute approximate surface area is 252 Å². The molecule has 0 saturated carbocycles. The van der Waals surface area contributed by atoms with Crippen molar-refractivity contribution in [3.63, 3.8) is 0 Å². The minimum absolute atomic E-state index is 0.121. The van der Waals surface area contributed by atoms with Gasteiger partial charge in [0.2, 0.25) is 5.79 Å². The van der Waals surface area contributed by atoms with Crippen LogP contribution in [-0.2, 0) is 28.4 Å². The van der Waals surface area contributed by atoms with Crippen molar-refractivity contribution in [1.82, 2.24) is 14.5 Å². The predicted molar refractivity (Wildman–Crippen MR) is 156 cm³/mol. The molecule has 5 heterocycles. The molecule has 0 amide bonds. The number of aromatic carboxylic acids is 1. The van der Waals surface area contributed by atoms with Gasteiger partial charge in [-0.2, -0.15) is 5.26 Å². The molecule has 1 N–H and O–H groups in total. The smallest absolute Gasteiger partial charge is 0.346 e. The van der Waals surface area contributed by atoms with Crippen LogP contribution in [0.3, 0.4) is 0 Å². The summed E-state index contributed by atoms with van der Waals surface area (Å²) in [6.07, 6.45) is 2.56. The summed E-state index contributed by atoms with van der Waals surface area (Å²) in [5.41, 5.74) is 2.31. The van der Waals surface area contributed by atoms with Crippen molar-refractivity contribution in [3.05, 3.63) is 81.7 Å². The lowest BCUT2D eigenvalue weighted by molar-refractivity contribution is -0.243. The van der Waals surface area contributed by atoms with Gasteiger partial charge in [0.05, 0.1) is 48.0 Å². The highest BCUT2D eigenvalue weighted by atomic mass is 32.1. The Morgan fingerprint density at radius 3 is 2.70 bits per heavy atom. The number of benzene rings is 2. The highest BCUT2D eigenvalue weighted by Crippen LogP contribution is 2.48. The van der Waals surface area contributed by atoms with E-state index in [1.54, 1.807) is 25.1 Å². The Morgan fingerprint density at radius 2 is 2.00 bits per heavy atom. The number of halogens is 1. The molecule has 43 heavy (non-hydrogen) atoms. The summed E-state index contributed by atoms with van der Waals surface area (Å²) in [6, 6.07) is 15.8. The van der Waals surface area contributed by atoms with E-state index in [0.29, 0.717) is 18.8 Å². The second-order valence-corrected chi connectivity index (χ2v) is 12.6. The molecule has 1 unspecified atom stereocenters. The first-order valence-corrected chi connectivity index (χ1v) is 15.3. The number of carbonyl (C=O) groups is 1. The van der Waals surface area contributed by atoms with Crippen molar-refractivity contribution < 1.29 is 28.5 Å². The highest BCUT2D eigenvalue weighted by Gasteiger charge is 2.44. The molecule has 11 heteroatoms. The van der Waals surface area contributed by atoms with Gasteiger partial charge in [-0.3, -0.25) is 4.90 Å². The van der Waals surface area contributed by atoms with E-state index in [2.05, 4.69) is 9.47 Å². The number of ether oxygens (including phenoxy) is 3. The molecule has 2 saturated heterocycles. The minimum atomic E-state index is -1.34. The molecule has 4 aromatic rings. The number of hydrogen-bond acceptors (Lipinski definition) is 8. The largest absolute Gasteiger partial charge is 0.477 e. The number of rotatable bonds is 7. The van der Waals surface area contributed by atoms with E-state index in [-0.39, 0.29) is 34.1 Å². The molecule has 0 bridgehead atoms. The van der Waals surface area contributed by atoms with Crippen LogP contribution in [0.4, 0.5) is 4.39 Å². The van der Waals surface area contributed by atoms with E-state index in [0.717, 1.165) is 60.7 Å². The van der Waals surface area contributed by atoms with Crippen molar-refractivity contribution in [3.8, 4) is 11.8 Å². The molecular formula is C32H31FN4O5S. The van der Waals surface area contributed by atoms with Gasteiger partial charge in [0.25, 0.3) is 0 Å². The molecule has 7 rings (SSSR count). The van der Waals surface area contributed by atoms with E-state index < -0.39 is 17.6 Å². The Morgan fingerprint density at radius 1 is 1.21 bits per heavy atom. The molecular weight excluding hydrogens is 571 g/mol. The van der Waals surface area contributed by atoms with Crippen LogP contribution in [0.25, 0.3) is 10.3 Å². The first-order chi connectivity index (χ1) is 20.8. The monoisotopic (exact) mass is 602 g/mol. The predicted octanol–water partition coefficient (Wildman–Crippen LogP) is 5.83. The molecule has 0 spiro atoms. The topological polar surface area (TPSA) is 110 Å². The van der Waals surface area contributed by atoms with Crippen molar-refractivity contribution >= 4 is 27.7 Å². The standard InChI is InChI=1S/C32H31FN4O5S/c1-32(23-7-6-19(16-34)14-24(23)33)41-26-5-3-2-4-22(26)29(42-32)20-8-11-36(12-9-20)18-28-35-30-25(15-27(43-30)31(38)39)37(28)17-21-10-13-40-21/h2-7,14-15,20-21,29H,8-13,17-18H2,1H3,(H,38,39)/t21-,29?,32-/m0/s1. The van der Waals surface area contributed by atoms with E-state index in [1.165, 1.54) is 17.4 Å². The molecule has 0 radical (unpaired) electrons. The third-order valence-corrected chi connectivity index (χ3v) is 9.82. The number of nitrogens with zero attached hydrogens (tertiary/aromatic N) is 4. The second-order valence-electron chi connectivity index (χ2n) is 11.6. The first-order valence-electron chi connectivity index (χ1n) is 14.5. The lowest BCUT2D eigenvalue weighted by atomic mass is 9.85. The zero-order valence-corrected chi connectivity index (χ0v) is 24.5. The van der Waals surface area contributed by atoms with Gasteiger partial charge < -0.3 is 23.9 Å². The third kappa shape index (κ3) is 5.18. The van der Waals surface area contributed by atoms with E-state index >= 15 is 4.39 Å². The highest BCUT2D eigenvalue weighted by molar-refractivity contribution is 7.20. The maximum Gasteiger partial charge on any atom is 0.346 e. The van der Waals surface area contributed by atoms with Gasteiger partial charge in [-0.25, -0.2) is 14.2 Å². The van der Waals surface area contributed by atoms with Gasteiger partial charge in [0.1, 0.15) is 27.1 Å². The Balaban J connectivity index is 1.10. The zero-order valence-electron chi connectivity index (χ0n) is 23.7. The molecule has 2 aromatic carbocycles. The van der Waals surface area contributed by atoms with Crippen molar-refractivity contribution in [2.75, 3.05) is 19.7 Å². The number of fused-ring (bicyclic) bond motifs is 2. The fourth-order valence-electron chi connectivity index (χ4n) is 6.41. The van der Waals surface area contributed by atoms with Gasteiger partial charge in [0.15, 0.2) is 0 Å². The molecule has 2 aromatic heterocycles. The van der Waals surface area contributed by atoms with Crippen LogP contribution in [-0.4, -0.2) is 51.3 Å². The lowest BCUT2D eigenvalue weighted by Crippen LogP contribution is -2.43. The lowest BCUT2D eigenvalue weighted by Gasteiger charge is -2.44. The second kappa shape index (κ2) is 11.0. The summed E-state index contributed by atoms with van der Waals surface area (Å²) in [5, 5.41) is 18.7. The number of thiophene rings is 1. The number of hydrogen-bond donors (Lipinski definition) is 1. The van der Waals surface area contributed by atoms with E-state index in [1.807, 2.05) is 30.3 Å². The van der Waals surface area contributed by atoms with E-state index in [4.69, 9.17) is 19.2 Å². The molecule has 3 aliphatic rings. The third-order valence-electron chi connectivity index (χ3n) is 8.81. The average Bonchev–Trinajstić information content (AvgIpc) is 3.53. The number of carboxylic acids is 1. The van der Waals surface area contributed by atoms with Crippen LogP contribution in [0.1, 0.15) is 64.5 Å². The molecule has 3 atom stereocenters. The van der Waals surface area contributed by atoms with Gasteiger partial charge in [0, 0.05) is 19.1 Å².